The van der Waals surface area contributed by atoms with Crippen LogP contribution < -0.4 is 5.32 Å². The Kier molecular flexibility index (Phi) is 4.97. The van der Waals surface area contributed by atoms with E-state index in [4.69, 9.17) is 0 Å². The minimum atomic E-state index is 0. The highest BCUT2D eigenvalue weighted by Crippen LogP contribution is 2.12. The summed E-state index contributed by atoms with van der Waals surface area (Å²) in [7, 11) is 1.89. The molecule has 1 atom stereocenters. The molecule has 1 aromatic carbocycles. The van der Waals surface area contributed by atoms with Gasteiger partial charge in [0.15, 0.2) is 0 Å². The standard InChI is InChI=1S/C13H18N2O.ClH/c1-10-3-5-11(6-4-10)13(16)15(2)12-7-8-14-9-12;/h3-6,12,14H,7-9H2,1-2H3;1H/t12-;/m1./s1. The van der Waals surface area contributed by atoms with Gasteiger partial charge in [-0.1, -0.05) is 17.7 Å². The summed E-state index contributed by atoms with van der Waals surface area (Å²) in [6.45, 7) is 3.95. The number of nitrogens with one attached hydrogen (secondary N) is 1. The number of carbonyl (C=O) groups excluding carboxylic acids is 1. The van der Waals surface area contributed by atoms with Crippen LogP contribution in [0.4, 0.5) is 0 Å². The van der Waals surface area contributed by atoms with Crippen LogP contribution in [-0.4, -0.2) is 37.0 Å². The second-order valence-electron chi connectivity index (χ2n) is 4.43. The quantitative estimate of drug-likeness (QED) is 0.874. The zero-order valence-corrected chi connectivity index (χ0v) is 11.1. The monoisotopic (exact) mass is 254 g/mol. The zero-order chi connectivity index (χ0) is 11.5. The van der Waals surface area contributed by atoms with Crippen molar-refractivity contribution in [3.05, 3.63) is 35.4 Å². The van der Waals surface area contributed by atoms with Crippen LogP contribution in [0.1, 0.15) is 22.3 Å². The van der Waals surface area contributed by atoms with Crippen molar-refractivity contribution in [1.29, 1.82) is 0 Å². The fourth-order valence-electron chi connectivity index (χ4n) is 2.04. The van der Waals surface area contributed by atoms with Crippen LogP contribution in [0.2, 0.25) is 0 Å². The van der Waals surface area contributed by atoms with E-state index in [1.165, 1.54) is 5.56 Å². The molecular weight excluding hydrogens is 236 g/mol. The number of halogens is 1. The van der Waals surface area contributed by atoms with Gasteiger partial charge in [0.25, 0.3) is 5.91 Å². The lowest BCUT2D eigenvalue weighted by atomic mass is 10.1. The van der Waals surface area contributed by atoms with Gasteiger partial charge in [-0.2, -0.15) is 0 Å². The zero-order valence-electron chi connectivity index (χ0n) is 10.3. The molecule has 2 rings (SSSR count). The van der Waals surface area contributed by atoms with Crippen LogP contribution in [0.25, 0.3) is 0 Å². The summed E-state index contributed by atoms with van der Waals surface area (Å²) in [5.74, 6) is 0.119. The summed E-state index contributed by atoms with van der Waals surface area (Å²) in [5, 5.41) is 3.27. The van der Waals surface area contributed by atoms with Crippen LogP contribution in [0.5, 0.6) is 0 Å². The first kappa shape index (κ1) is 14.0. The van der Waals surface area contributed by atoms with E-state index in [2.05, 4.69) is 5.32 Å². The van der Waals surface area contributed by atoms with Crippen LogP contribution in [0.15, 0.2) is 24.3 Å². The van der Waals surface area contributed by atoms with E-state index in [1.54, 1.807) is 0 Å². The van der Waals surface area contributed by atoms with Crippen molar-refractivity contribution in [3.8, 4) is 0 Å². The second kappa shape index (κ2) is 6.03. The molecular formula is C13H19ClN2O. The molecule has 0 aliphatic carbocycles. The number of benzene rings is 1. The number of aryl methyl sites for hydroxylation is 1. The lowest BCUT2D eigenvalue weighted by molar-refractivity contribution is 0.0744. The Bertz CT molecular complexity index is 372. The Morgan fingerprint density at radius 3 is 2.53 bits per heavy atom. The highest BCUT2D eigenvalue weighted by atomic mass is 35.5. The predicted octanol–water partition coefficient (Wildman–Crippen LogP) is 1.85. The smallest absolute Gasteiger partial charge is 0.253 e. The van der Waals surface area contributed by atoms with Crippen LogP contribution in [-0.2, 0) is 0 Å². The molecule has 1 aromatic rings. The maximum Gasteiger partial charge on any atom is 0.253 e. The van der Waals surface area contributed by atoms with E-state index >= 15 is 0 Å². The van der Waals surface area contributed by atoms with E-state index in [1.807, 2.05) is 43.1 Å². The topological polar surface area (TPSA) is 32.3 Å². The van der Waals surface area contributed by atoms with Crippen LogP contribution in [0.3, 0.4) is 0 Å². The molecule has 0 bridgehead atoms. The van der Waals surface area contributed by atoms with Crippen molar-refractivity contribution in [2.24, 2.45) is 0 Å². The summed E-state index contributed by atoms with van der Waals surface area (Å²) in [6, 6.07) is 8.10. The molecule has 0 unspecified atom stereocenters. The lowest BCUT2D eigenvalue weighted by Crippen LogP contribution is -2.38. The molecule has 0 aromatic heterocycles. The number of hydrogen-bond acceptors (Lipinski definition) is 2. The highest BCUT2D eigenvalue weighted by Gasteiger charge is 2.23. The fraction of sp³-hybridized carbons (Fsp3) is 0.462. The molecule has 1 heterocycles. The maximum atomic E-state index is 12.1. The molecule has 0 spiro atoms. The second-order valence-corrected chi connectivity index (χ2v) is 4.43. The minimum Gasteiger partial charge on any atom is -0.337 e. The van der Waals surface area contributed by atoms with E-state index in [0.717, 1.165) is 25.1 Å². The summed E-state index contributed by atoms with van der Waals surface area (Å²) in [6.07, 6.45) is 1.05. The number of nitrogens with zero attached hydrogens (tertiary/aromatic N) is 1. The van der Waals surface area contributed by atoms with Gasteiger partial charge >= 0.3 is 0 Å². The molecule has 1 N–H and O–H groups in total. The molecule has 0 saturated carbocycles. The predicted molar refractivity (Wildman–Crippen MR) is 71.8 cm³/mol. The van der Waals surface area contributed by atoms with Crippen LogP contribution >= 0.6 is 12.4 Å². The molecule has 1 fully saturated rings. The van der Waals surface area contributed by atoms with Gasteiger partial charge in [0, 0.05) is 25.2 Å². The molecule has 1 amide bonds. The molecule has 1 aliphatic rings. The van der Waals surface area contributed by atoms with Crippen molar-refractivity contribution in [2.45, 2.75) is 19.4 Å². The first-order chi connectivity index (χ1) is 7.68. The van der Waals surface area contributed by atoms with Gasteiger partial charge in [0.1, 0.15) is 0 Å². The Labute approximate surface area is 109 Å². The number of carbonyl (C=O) groups is 1. The van der Waals surface area contributed by atoms with E-state index < -0.39 is 0 Å². The van der Waals surface area contributed by atoms with Gasteiger partial charge in [-0.15, -0.1) is 12.4 Å². The van der Waals surface area contributed by atoms with Crippen molar-refractivity contribution < 1.29 is 4.79 Å². The highest BCUT2D eigenvalue weighted by molar-refractivity contribution is 5.94. The Morgan fingerprint density at radius 2 is 2.00 bits per heavy atom. The van der Waals surface area contributed by atoms with Gasteiger partial charge in [0.2, 0.25) is 0 Å². The number of rotatable bonds is 2. The average Bonchev–Trinajstić information content (AvgIpc) is 2.81. The van der Waals surface area contributed by atoms with Gasteiger partial charge in [0.05, 0.1) is 0 Å². The summed E-state index contributed by atoms with van der Waals surface area (Å²) >= 11 is 0. The number of amides is 1. The molecule has 0 radical (unpaired) electrons. The van der Waals surface area contributed by atoms with E-state index in [-0.39, 0.29) is 18.3 Å². The number of hydrogen-bond donors (Lipinski definition) is 1. The Hall–Kier alpha value is -1.06. The van der Waals surface area contributed by atoms with Crippen molar-refractivity contribution in [3.63, 3.8) is 0 Å². The normalized spacial score (nSPS) is 18.6. The summed E-state index contributed by atoms with van der Waals surface area (Å²) in [5.41, 5.74) is 1.96. The Balaban J connectivity index is 0.00000144. The SMILES string of the molecule is Cc1ccc(C(=O)N(C)[C@@H]2CCNC2)cc1.Cl. The molecule has 94 valence electrons. The summed E-state index contributed by atoms with van der Waals surface area (Å²) < 4.78 is 0. The lowest BCUT2D eigenvalue weighted by Gasteiger charge is -2.23. The van der Waals surface area contributed by atoms with Crippen molar-refractivity contribution in [1.82, 2.24) is 10.2 Å². The molecule has 17 heavy (non-hydrogen) atoms. The molecule has 1 saturated heterocycles. The van der Waals surface area contributed by atoms with Crippen molar-refractivity contribution >= 4 is 18.3 Å². The molecule has 1 aliphatic heterocycles. The maximum absolute atomic E-state index is 12.1. The van der Waals surface area contributed by atoms with Gasteiger partial charge < -0.3 is 10.2 Å². The first-order valence-corrected chi connectivity index (χ1v) is 5.73. The molecule has 3 nitrogen and oxygen atoms in total. The number of likely N-dealkylation sites (N-methyl/N-ethyl adjacent to an activating group) is 1. The minimum absolute atomic E-state index is 0. The largest absolute Gasteiger partial charge is 0.337 e. The third-order valence-corrected chi connectivity index (χ3v) is 3.20. The van der Waals surface area contributed by atoms with Crippen molar-refractivity contribution in [2.75, 3.05) is 20.1 Å². The van der Waals surface area contributed by atoms with Gasteiger partial charge in [-0.3, -0.25) is 4.79 Å². The van der Waals surface area contributed by atoms with E-state index in [0.29, 0.717) is 6.04 Å². The Morgan fingerprint density at radius 1 is 1.35 bits per heavy atom. The third kappa shape index (κ3) is 3.20. The fourth-order valence-corrected chi connectivity index (χ4v) is 2.04. The first-order valence-electron chi connectivity index (χ1n) is 5.73. The van der Waals surface area contributed by atoms with E-state index in [9.17, 15) is 4.79 Å². The van der Waals surface area contributed by atoms with Gasteiger partial charge in [-0.05, 0) is 32.0 Å². The molecule has 4 heteroatoms. The third-order valence-electron chi connectivity index (χ3n) is 3.20. The average molecular weight is 255 g/mol. The van der Waals surface area contributed by atoms with Crippen LogP contribution in [0, 0.1) is 6.92 Å². The summed E-state index contributed by atoms with van der Waals surface area (Å²) in [4.78, 5) is 14.0. The van der Waals surface area contributed by atoms with Gasteiger partial charge in [-0.25, -0.2) is 0 Å².